The predicted molar refractivity (Wildman–Crippen MR) is 85.3 cm³/mol. The summed E-state index contributed by atoms with van der Waals surface area (Å²) in [6, 6.07) is 9.95. The minimum atomic E-state index is -0.331. The van der Waals surface area contributed by atoms with Gasteiger partial charge in [-0.1, -0.05) is 30.3 Å². The molecular weight excluding hydrogens is 294 g/mol. The van der Waals surface area contributed by atoms with Crippen LogP contribution in [0, 0.1) is 0 Å². The fourth-order valence-corrected chi connectivity index (χ4v) is 3.84. The standard InChI is InChI=1S/C18H25NO4/c1-21-14-22-16-9-5-11-18(16)12-6-10-17(20)19(18)23-13-15-7-3-2-4-8-15/h2-4,7-8,16H,5-6,9-14H2,1H3/t16-,18+/m1/s1. The lowest BCUT2D eigenvalue weighted by molar-refractivity contribution is -0.260. The number of nitrogens with zero attached hydrogens (tertiary/aromatic N) is 1. The van der Waals surface area contributed by atoms with Crippen LogP contribution in [-0.4, -0.2) is 36.5 Å². The number of hydroxylamine groups is 2. The number of amides is 1. The summed E-state index contributed by atoms with van der Waals surface area (Å²) in [6.07, 6.45) is 5.30. The number of rotatable bonds is 6. The highest BCUT2D eigenvalue weighted by Crippen LogP contribution is 2.44. The van der Waals surface area contributed by atoms with Gasteiger partial charge in [-0.05, 0) is 37.7 Å². The van der Waals surface area contributed by atoms with Gasteiger partial charge in [-0.3, -0.25) is 9.63 Å². The first-order valence-electron chi connectivity index (χ1n) is 8.37. The van der Waals surface area contributed by atoms with Crippen LogP contribution in [0.3, 0.4) is 0 Å². The average Bonchev–Trinajstić information content (AvgIpc) is 2.96. The minimum Gasteiger partial charge on any atom is -0.359 e. The van der Waals surface area contributed by atoms with Crippen molar-refractivity contribution in [1.82, 2.24) is 5.06 Å². The molecule has 1 amide bonds. The minimum absolute atomic E-state index is 0.0116. The summed E-state index contributed by atoms with van der Waals surface area (Å²) in [5.41, 5.74) is 0.733. The lowest BCUT2D eigenvalue weighted by Gasteiger charge is -2.46. The van der Waals surface area contributed by atoms with Gasteiger partial charge in [-0.25, -0.2) is 5.06 Å². The molecule has 2 atom stereocenters. The van der Waals surface area contributed by atoms with E-state index in [4.69, 9.17) is 14.3 Å². The molecule has 1 aromatic carbocycles. The normalized spacial score (nSPS) is 27.8. The Balaban J connectivity index is 1.74. The van der Waals surface area contributed by atoms with Crippen LogP contribution in [0.5, 0.6) is 0 Å². The van der Waals surface area contributed by atoms with Gasteiger partial charge in [0, 0.05) is 13.5 Å². The molecule has 0 bridgehead atoms. The van der Waals surface area contributed by atoms with E-state index in [9.17, 15) is 4.79 Å². The molecule has 0 radical (unpaired) electrons. The molecule has 0 N–H and O–H groups in total. The van der Waals surface area contributed by atoms with Gasteiger partial charge in [-0.15, -0.1) is 0 Å². The van der Waals surface area contributed by atoms with Gasteiger partial charge >= 0.3 is 0 Å². The molecule has 0 unspecified atom stereocenters. The molecule has 1 aromatic rings. The van der Waals surface area contributed by atoms with E-state index in [0.717, 1.165) is 37.7 Å². The first-order valence-corrected chi connectivity index (χ1v) is 8.37. The van der Waals surface area contributed by atoms with E-state index in [-0.39, 0.29) is 24.3 Å². The maximum absolute atomic E-state index is 12.5. The van der Waals surface area contributed by atoms with Crippen molar-refractivity contribution in [2.75, 3.05) is 13.9 Å². The topological polar surface area (TPSA) is 48.0 Å². The van der Waals surface area contributed by atoms with Crippen molar-refractivity contribution in [2.24, 2.45) is 0 Å². The Kier molecular flexibility index (Phi) is 5.30. The molecule has 1 aliphatic heterocycles. The molecule has 1 saturated carbocycles. The summed E-state index contributed by atoms with van der Waals surface area (Å²) >= 11 is 0. The van der Waals surface area contributed by atoms with Gasteiger partial charge in [0.05, 0.1) is 11.6 Å². The highest BCUT2D eigenvalue weighted by molar-refractivity contribution is 5.77. The molecule has 126 valence electrons. The van der Waals surface area contributed by atoms with Crippen molar-refractivity contribution in [3.8, 4) is 0 Å². The molecule has 0 aromatic heterocycles. The highest BCUT2D eigenvalue weighted by atomic mass is 16.7. The smallest absolute Gasteiger partial charge is 0.246 e. The van der Waals surface area contributed by atoms with E-state index >= 15 is 0 Å². The van der Waals surface area contributed by atoms with Gasteiger partial charge in [0.1, 0.15) is 13.4 Å². The summed E-state index contributed by atoms with van der Waals surface area (Å²) < 4.78 is 10.9. The Morgan fingerprint density at radius 1 is 1.22 bits per heavy atom. The zero-order chi connectivity index (χ0) is 16.1. The molecule has 5 heteroatoms. The molecular formula is C18H25NO4. The summed E-state index contributed by atoms with van der Waals surface area (Å²) in [5, 5.41) is 1.64. The van der Waals surface area contributed by atoms with Gasteiger partial charge in [0.15, 0.2) is 0 Å². The Morgan fingerprint density at radius 2 is 2.00 bits per heavy atom. The van der Waals surface area contributed by atoms with Crippen LogP contribution in [0.2, 0.25) is 0 Å². The van der Waals surface area contributed by atoms with E-state index in [2.05, 4.69) is 0 Å². The Hall–Kier alpha value is -1.43. The van der Waals surface area contributed by atoms with Gasteiger partial charge in [0.25, 0.3) is 0 Å². The van der Waals surface area contributed by atoms with E-state index < -0.39 is 0 Å². The largest absolute Gasteiger partial charge is 0.359 e. The van der Waals surface area contributed by atoms with Gasteiger partial charge in [-0.2, -0.15) is 0 Å². The zero-order valence-electron chi connectivity index (χ0n) is 13.7. The average molecular weight is 319 g/mol. The summed E-state index contributed by atoms with van der Waals surface area (Å²) in [5.74, 6) is 0.0695. The monoisotopic (exact) mass is 319 g/mol. The third-order valence-electron chi connectivity index (χ3n) is 4.90. The van der Waals surface area contributed by atoms with Crippen LogP contribution in [-0.2, 0) is 25.7 Å². The summed E-state index contributed by atoms with van der Waals surface area (Å²) in [4.78, 5) is 18.5. The maximum Gasteiger partial charge on any atom is 0.246 e. The van der Waals surface area contributed by atoms with Crippen molar-refractivity contribution in [1.29, 1.82) is 0 Å². The third-order valence-corrected chi connectivity index (χ3v) is 4.90. The highest BCUT2D eigenvalue weighted by Gasteiger charge is 2.52. The number of carbonyl (C=O) groups excluding carboxylic acids is 1. The second-order valence-electron chi connectivity index (χ2n) is 6.36. The van der Waals surface area contributed by atoms with Crippen LogP contribution in [0.1, 0.15) is 44.1 Å². The fraction of sp³-hybridized carbons (Fsp3) is 0.611. The van der Waals surface area contributed by atoms with Crippen LogP contribution in [0.15, 0.2) is 30.3 Å². The number of hydrogen-bond donors (Lipinski definition) is 0. The molecule has 1 spiro atoms. The number of benzene rings is 1. The maximum atomic E-state index is 12.5. The lowest BCUT2D eigenvalue weighted by atomic mass is 9.84. The Morgan fingerprint density at radius 3 is 2.78 bits per heavy atom. The third kappa shape index (κ3) is 3.42. The SMILES string of the molecule is COCO[C@@H]1CCC[C@]12CCCC(=O)N2OCc1ccccc1. The molecule has 5 nitrogen and oxygen atoms in total. The van der Waals surface area contributed by atoms with Gasteiger partial charge < -0.3 is 9.47 Å². The van der Waals surface area contributed by atoms with Crippen LogP contribution in [0.4, 0.5) is 0 Å². The van der Waals surface area contributed by atoms with Gasteiger partial charge in [0.2, 0.25) is 5.91 Å². The quantitative estimate of drug-likeness (QED) is 0.756. The predicted octanol–water partition coefficient (Wildman–Crippen LogP) is 3.04. The van der Waals surface area contributed by atoms with E-state index in [1.807, 2.05) is 30.3 Å². The van der Waals surface area contributed by atoms with Crippen LogP contribution in [0.25, 0.3) is 0 Å². The van der Waals surface area contributed by atoms with Crippen molar-refractivity contribution < 1.29 is 19.1 Å². The van der Waals surface area contributed by atoms with Crippen molar-refractivity contribution in [3.05, 3.63) is 35.9 Å². The molecule has 23 heavy (non-hydrogen) atoms. The van der Waals surface area contributed by atoms with E-state index in [1.54, 1.807) is 12.2 Å². The second kappa shape index (κ2) is 7.43. The van der Waals surface area contributed by atoms with E-state index in [0.29, 0.717) is 13.0 Å². The Labute approximate surface area is 137 Å². The molecule has 3 rings (SSSR count). The molecule has 1 aliphatic carbocycles. The summed E-state index contributed by atoms with van der Waals surface area (Å²) in [6.45, 7) is 0.665. The number of piperidine rings is 1. The van der Waals surface area contributed by atoms with Crippen LogP contribution < -0.4 is 0 Å². The van der Waals surface area contributed by atoms with E-state index in [1.165, 1.54) is 0 Å². The fourth-order valence-electron chi connectivity index (χ4n) is 3.84. The first-order chi connectivity index (χ1) is 11.3. The summed E-state index contributed by atoms with van der Waals surface area (Å²) in [7, 11) is 1.62. The Bertz CT molecular complexity index is 521. The van der Waals surface area contributed by atoms with Crippen molar-refractivity contribution in [3.63, 3.8) is 0 Å². The van der Waals surface area contributed by atoms with Crippen molar-refractivity contribution >= 4 is 5.91 Å². The number of carbonyl (C=O) groups is 1. The second-order valence-corrected chi connectivity index (χ2v) is 6.36. The molecule has 2 aliphatic rings. The number of ether oxygens (including phenoxy) is 2. The van der Waals surface area contributed by atoms with Crippen LogP contribution >= 0.6 is 0 Å². The molecule has 2 fully saturated rings. The first kappa shape index (κ1) is 16.4. The number of methoxy groups -OCH3 is 1. The van der Waals surface area contributed by atoms with Crippen molar-refractivity contribution in [2.45, 2.75) is 56.8 Å². The number of hydrogen-bond acceptors (Lipinski definition) is 4. The molecule has 1 saturated heterocycles. The molecule has 1 heterocycles. The lowest BCUT2D eigenvalue weighted by Crippen LogP contribution is -2.59. The zero-order valence-corrected chi connectivity index (χ0v) is 13.7.